The van der Waals surface area contributed by atoms with Gasteiger partial charge in [-0.25, -0.2) is 0 Å². The molecular weight excluding hydrogens is 270 g/mol. The molecule has 5 heteroatoms. The second-order valence-electron chi connectivity index (χ2n) is 8.42. The molecule has 0 radical (unpaired) electrons. The Hall–Kier alpha value is -0.940. The van der Waals surface area contributed by atoms with E-state index >= 15 is 0 Å². The van der Waals surface area contributed by atoms with Crippen LogP contribution in [-0.2, 0) is 9.47 Å². The van der Waals surface area contributed by atoms with Crippen molar-refractivity contribution in [2.24, 2.45) is 10.8 Å². The van der Waals surface area contributed by atoms with Crippen LogP contribution in [0.4, 0.5) is 0 Å². The van der Waals surface area contributed by atoms with Crippen molar-refractivity contribution >= 4 is 0 Å². The maximum Gasteiger partial charge on any atom is 0.276 e. The van der Waals surface area contributed by atoms with Gasteiger partial charge in [0, 0.05) is 23.7 Å². The minimum Gasteiger partial charge on any atom is -0.340 e. The molecule has 1 spiro atoms. The van der Waals surface area contributed by atoms with Gasteiger partial charge in [-0.3, -0.25) is 10.1 Å². The first-order valence-electron chi connectivity index (χ1n) is 7.57. The van der Waals surface area contributed by atoms with E-state index in [1.807, 2.05) is 13.8 Å². The predicted molar refractivity (Wildman–Crippen MR) is 80.6 cm³/mol. The third-order valence-electron chi connectivity index (χ3n) is 4.36. The topological polar surface area (TPSA) is 61.6 Å². The van der Waals surface area contributed by atoms with Gasteiger partial charge in [-0.05, 0) is 17.4 Å². The van der Waals surface area contributed by atoms with Crippen molar-refractivity contribution in [3.63, 3.8) is 0 Å². The molecule has 0 aromatic heterocycles. The second-order valence-corrected chi connectivity index (χ2v) is 8.42. The number of hydrogen-bond acceptors (Lipinski definition) is 4. The Morgan fingerprint density at radius 2 is 1.71 bits per heavy atom. The van der Waals surface area contributed by atoms with Gasteiger partial charge < -0.3 is 9.47 Å². The summed E-state index contributed by atoms with van der Waals surface area (Å²) in [5.74, 6) is -1.21. The number of ether oxygens (including phenoxy) is 2. The monoisotopic (exact) mass is 297 g/mol. The average molecular weight is 297 g/mol. The smallest absolute Gasteiger partial charge is 0.276 e. The maximum absolute atomic E-state index is 11.7. The molecule has 120 valence electrons. The fourth-order valence-corrected chi connectivity index (χ4v) is 3.13. The number of hydrogen-bond donors (Lipinski definition) is 0. The highest BCUT2D eigenvalue weighted by Crippen LogP contribution is 2.52. The summed E-state index contributed by atoms with van der Waals surface area (Å²) in [5.41, 5.74) is -0.479. The lowest BCUT2D eigenvalue weighted by Gasteiger charge is -2.45. The van der Waals surface area contributed by atoms with Crippen LogP contribution < -0.4 is 0 Å². The van der Waals surface area contributed by atoms with Crippen LogP contribution in [0.25, 0.3) is 0 Å². The van der Waals surface area contributed by atoms with Gasteiger partial charge in [-0.15, -0.1) is 0 Å². The van der Waals surface area contributed by atoms with Gasteiger partial charge in [0.25, 0.3) is 11.3 Å². The van der Waals surface area contributed by atoms with Crippen LogP contribution in [0.2, 0.25) is 0 Å². The molecule has 1 aliphatic carbocycles. The molecule has 21 heavy (non-hydrogen) atoms. The first-order chi connectivity index (χ1) is 9.42. The van der Waals surface area contributed by atoms with E-state index in [4.69, 9.17) is 9.47 Å². The zero-order valence-electron chi connectivity index (χ0n) is 14.0. The summed E-state index contributed by atoms with van der Waals surface area (Å²) >= 11 is 0. The molecule has 1 heterocycles. The predicted octanol–water partition coefficient (Wildman–Crippen LogP) is 3.56. The van der Waals surface area contributed by atoms with E-state index < -0.39 is 11.3 Å². The Morgan fingerprint density at radius 1 is 1.19 bits per heavy atom. The Kier molecular flexibility index (Phi) is 3.74. The quantitative estimate of drug-likeness (QED) is 0.422. The summed E-state index contributed by atoms with van der Waals surface area (Å²) < 4.78 is 12.1. The summed E-state index contributed by atoms with van der Waals surface area (Å²) in [4.78, 5) is 11.5. The van der Waals surface area contributed by atoms with E-state index in [-0.39, 0.29) is 15.8 Å². The minimum atomic E-state index is -1.22. The molecule has 2 fully saturated rings. The van der Waals surface area contributed by atoms with Crippen molar-refractivity contribution in [3.05, 3.63) is 21.8 Å². The van der Waals surface area contributed by atoms with E-state index in [9.17, 15) is 10.1 Å². The lowest BCUT2D eigenvalue weighted by atomic mass is 9.85. The van der Waals surface area contributed by atoms with Crippen LogP contribution in [0, 0.1) is 20.9 Å². The molecule has 1 saturated carbocycles. The first-order valence-corrected chi connectivity index (χ1v) is 7.57. The van der Waals surface area contributed by atoms with Gasteiger partial charge in [0.2, 0.25) is 0 Å². The maximum atomic E-state index is 11.7. The van der Waals surface area contributed by atoms with Crippen molar-refractivity contribution in [1.29, 1.82) is 0 Å². The standard InChI is InChI=1S/C16H27NO4/c1-13(2,3)9-12-7-8-15(6,17(18)19)16(12)20-10-14(4,5)11-21-16/h9H,7-8,10-11H2,1-6H3/b12-9-. The highest BCUT2D eigenvalue weighted by molar-refractivity contribution is 5.28. The molecule has 1 atom stereocenters. The molecule has 1 saturated heterocycles. The van der Waals surface area contributed by atoms with Crippen molar-refractivity contribution in [1.82, 2.24) is 0 Å². The fourth-order valence-electron chi connectivity index (χ4n) is 3.13. The van der Waals surface area contributed by atoms with E-state index in [0.717, 1.165) is 5.57 Å². The van der Waals surface area contributed by atoms with Crippen molar-refractivity contribution in [2.75, 3.05) is 13.2 Å². The Balaban J connectivity index is 2.47. The summed E-state index contributed by atoms with van der Waals surface area (Å²) in [7, 11) is 0. The summed E-state index contributed by atoms with van der Waals surface area (Å²) in [5, 5.41) is 11.7. The normalized spacial score (nSPS) is 33.5. The average Bonchev–Trinajstić information content (AvgIpc) is 2.58. The molecule has 1 unspecified atom stereocenters. The Morgan fingerprint density at radius 3 is 2.14 bits per heavy atom. The van der Waals surface area contributed by atoms with Crippen LogP contribution in [0.1, 0.15) is 54.4 Å². The SMILES string of the molecule is CC(C)(C)/C=C1/CCC(C)([N+](=O)[O-])C12OCC(C)(C)CO2. The highest BCUT2D eigenvalue weighted by Gasteiger charge is 2.68. The van der Waals surface area contributed by atoms with Crippen LogP contribution >= 0.6 is 0 Å². The summed E-state index contributed by atoms with van der Waals surface area (Å²) in [6, 6.07) is 0. The molecule has 2 aliphatic rings. The van der Waals surface area contributed by atoms with Gasteiger partial charge in [0.1, 0.15) is 0 Å². The molecule has 0 amide bonds. The largest absolute Gasteiger partial charge is 0.340 e. The fraction of sp³-hybridized carbons (Fsp3) is 0.875. The summed E-state index contributed by atoms with van der Waals surface area (Å²) in [6.45, 7) is 12.9. The third kappa shape index (κ3) is 2.73. The van der Waals surface area contributed by atoms with E-state index in [2.05, 4.69) is 26.8 Å². The van der Waals surface area contributed by atoms with Gasteiger partial charge in [-0.2, -0.15) is 0 Å². The Labute approximate surface area is 126 Å². The Bertz CT molecular complexity index is 465. The zero-order chi connectivity index (χ0) is 16.1. The van der Waals surface area contributed by atoms with Crippen LogP contribution in [-0.4, -0.2) is 29.5 Å². The molecule has 0 bridgehead atoms. The van der Waals surface area contributed by atoms with Crippen LogP contribution in [0.3, 0.4) is 0 Å². The summed E-state index contributed by atoms with van der Waals surface area (Å²) in [6.07, 6.45) is 3.18. The van der Waals surface area contributed by atoms with E-state index in [1.54, 1.807) is 6.92 Å². The van der Waals surface area contributed by atoms with Gasteiger partial charge >= 0.3 is 0 Å². The van der Waals surface area contributed by atoms with Crippen molar-refractivity contribution < 1.29 is 14.4 Å². The van der Waals surface area contributed by atoms with Crippen molar-refractivity contribution in [2.45, 2.75) is 65.7 Å². The minimum absolute atomic E-state index is 0.0656. The molecule has 5 nitrogen and oxygen atoms in total. The van der Waals surface area contributed by atoms with Crippen LogP contribution in [0.15, 0.2) is 11.6 Å². The van der Waals surface area contributed by atoms with Gasteiger partial charge in [0.05, 0.1) is 13.2 Å². The number of nitro groups is 1. The van der Waals surface area contributed by atoms with E-state index in [1.165, 1.54) is 0 Å². The molecule has 2 rings (SSSR count). The number of allylic oxidation sites excluding steroid dienone is 1. The number of rotatable bonds is 1. The zero-order valence-corrected chi connectivity index (χ0v) is 14.0. The second kappa shape index (κ2) is 4.78. The van der Waals surface area contributed by atoms with Crippen molar-refractivity contribution in [3.8, 4) is 0 Å². The molecular formula is C16H27NO4. The lowest BCUT2D eigenvalue weighted by Crippen LogP contribution is -2.61. The first kappa shape index (κ1) is 16.4. The van der Waals surface area contributed by atoms with Crippen LogP contribution in [0.5, 0.6) is 0 Å². The van der Waals surface area contributed by atoms with E-state index in [0.29, 0.717) is 26.1 Å². The molecule has 0 N–H and O–H groups in total. The van der Waals surface area contributed by atoms with Gasteiger partial charge in [-0.1, -0.05) is 40.7 Å². The number of nitrogens with zero attached hydrogens (tertiary/aromatic N) is 1. The van der Waals surface area contributed by atoms with Gasteiger partial charge in [0.15, 0.2) is 0 Å². The lowest BCUT2D eigenvalue weighted by molar-refractivity contribution is -0.607. The molecule has 1 aliphatic heterocycles. The molecule has 0 aromatic rings. The third-order valence-corrected chi connectivity index (χ3v) is 4.36. The highest BCUT2D eigenvalue weighted by atomic mass is 16.7. The molecule has 0 aromatic carbocycles.